The number of benzene rings is 2. The molecule has 0 amide bonds. The first kappa shape index (κ1) is 26.5. The van der Waals surface area contributed by atoms with Crippen molar-refractivity contribution >= 4 is 35.2 Å². The van der Waals surface area contributed by atoms with Crippen LogP contribution in [0.5, 0.6) is 0 Å². The highest BCUT2D eigenvalue weighted by molar-refractivity contribution is 6.39. The van der Waals surface area contributed by atoms with Gasteiger partial charge in [0.25, 0.3) is 0 Å². The number of aromatic nitrogens is 3. The molecule has 0 radical (unpaired) electrons. The second kappa shape index (κ2) is 10.5. The van der Waals surface area contributed by atoms with E-state index in [9.17, 15) is 9.90 Å². The monoisotopic (exact) mass is 594 g/mol. The topological polar surface area (TPSA) is 115 Å². The summed E-state index contributed by atoms with van der Waals surface area (Å²) in [7, 11) is 0. The summed E-state index contributed by atoms with van der Waals surface area (Å²) in [5.74, 6) is 0.573. The van der Waals surface area contributed by atoms with Gasteiger partial charge in [0, 0.05) is 34.7 Å². The molecule has 3 fully saturated rings. The van der Waals surface area contributed by atoms with Gasteiger partial charge in [-0.15, -0.1) is 5.10 Å². The van der Waals surface area contributed by atoms with Crippen LogP contribution in [0.1, 0.15) is 71.7 Å². The number of aromatic carboxylic acids is 1. The van der Waals surface area contributed by atoms with Gasteiger partial charge in [-0.25, -0.2) is 4.79 Å². The van der Waals surface area contributed by atoms with Crippen LogP contribution in [-0.2, 0) is 11.3 Å². The minimum Gasteiger partial charge on any atom is -0.478 e. The van der Waals surface area contributed by atoms with Crippen LogP contribution in [0, 0.1) is 6.92 Å². The van der Waals surface area contributed by atoms with E-state index in [0.29, 0.717) is 56.9 Å². The maximum Gasteiger partial charge on any atom is 0.335 e. The number of anilines is 1. The second-order valence-electron chi connectivity index (χ2n) is 11.1. The number of rotatable bonds is 8. The average Bonchev–Trinajstić information content (AvgIpc) is 3.42. The lowest BCUT2D eigenvalue weighted by molar-refractivity contribution is 0.0139. The van der Waals surface area contributed by atoms with Crippen LogP contribution >= 0.6 is 23.2 Å². The minimum atomic E-state index is -0.984. The zero-order chi connectivity index (χ0) is 28.2. The molecule has 4 heterocycles. The predicted molar refractivity (Wildman–Crippen MR) is 152 cm³/mol. The number of carboxylic acid groups (broad SMARTS) is 1. The van der Waals surface area contributed by atoms with Crippen molar-refractivity contribution in [3.63, 3.8) is 0 Å². The van der Waals surface area contributed by atoms with E-state index < -0.39 is 5.97 Å². The Kier molecular flexibility index (Phi) is 6.76. The Labute approximate surface area is 246 Å². The smallest absolute Gasteiger partial charge is 0.335 e. The standard InChI is InChI=1S/C30H28Cl2N4O5/c1-15-20(4-2-5-21(15)29(37)38)28-33-34-30(40-28)36-17-10-11-18(36)13-19(12-17)39-14-22-26(35-41-27(22)16-8-9-16)25-23(31)6-3-7-24(25)32/h2-7,16-19H,8-14H2,1H3,(H,37,38)/t17-,18+,19?. The van der Waals surface area contributed by atoms with Crippen LogP contribution in [0.2, 0.25) is 10.0 Å². The van der Waals surface area contributed by atoms with Crippen molar-refractivity contribution < 1.29 is 23.6 Å². The number of hydrogen-bond acceptors (Lipinski definition) is 8. The number of hydrogen-bond donors (Lipinski definition) is 1. The SMILES string of the molecule is Cc1c(C(=O)O)cccc1-c1nnc(N2[C@@H]3CC[C@H]2CC(OCc2c(-c4c(Cl)cccc4Cl)noc2C2CC2)C3)o1. The molecule has 2 aromatic heterocycles. The number of piperidine rings is 1. The third-order valence-electron chi connectivity index (χ3n) is 8.55. The first-order chi connectivity index (χ1) is 19.9. The molecule has 11 heteroatoms. The molecule has 2 aromatic carbocycles. The van der Waals surface area contributed by atoms with Gasteiger partial charge < -0.3 is 23.7 Å². The highest BCUT2D eigenvalue weighted by atomic mass is 35.5. The van der Waals surface area contributed by atoms with Crippen LogP contribution in [0.4, 0.5) is 6.01 Å². The van der Waals surface area contributed by atoms with E-state index in [1.807, 2.05) is 6.07 Å². The Morgan fingerprint density at radius 1 is 1.05 bits per heavy atom. The largest absolute Gasteiger partial charge is 0.478 e. The van der Waals surface area contributed by atoms with Gasteiger partial charge in [0.05, 0.1) is 28.3 Å². The van der Waals surface area contributed by atoms with E-state index in [4.69, 9.17) is 36.9 Å². The molecule has 7 rings (SSSR count). The molecular weight excluding hydrogens is 567 g/mol. The van der Waals surface area contributed by atoms with Crippen LogP contribution in [0.3, 0.4) is 0 Å². The molecule has 9 nitrogen and oxygen atoms in total. The van der Waals surface area contributed by atoms with Gasteiger partial charge in [-0.2, -0.15) is 0 Å². The number of ether oxygens (including phenoxy) is 1. The van der Waals surface area contributed by atoms with Crippen molar-refractivity contribution in [3.8, 4) is 22.7 Å². The second-order valence-corrected chi connectivity index (χ2v) is 11.9. The molecule has 1 saturated carbocycles. The number of halogens is 2. The third kappa shape index (κ3) is 4.79. The van der Waals surface area contributed by atoms with Gasteiger partial charge >= 0.3 is 12.0 Å². The molecular formula is C30H28Cl2N4O5. The fourth-order valence-electron chi connectivity index (χ4n) is 6.35. The molecule has 212 valence electrons. The molecule has 0 spiro atoms. The Hall–Kier alpha value is -3.40. The summed E-state index contributed by atoms with van der Waals surface area (Å²) >= 11 is 13.0. The quantitative estimate of drug-likeness (QED) is 0.224. The molecule has 2 aliphatic heterocycles. The van der Waals surface area contributed by atoms with E-state index in [-0.39, 0.29) is 23.8 Å². The highest BCUT2D eigenvalue weighted by Gasteiger charge is 2.44. The van der Waals surface area contributed by atoms with Crippen LogP contribution in [0.15, 0.2) is 45.3 Å². The maximum absolute atomic E-state index is 11.6. The van der Waals surface area contributed by atoms with Crippen molar-refractivity contribution in [2.75, 3.05) is 4.90 Å². The van der Waals surface area contributed by atoms with Crippen molar-refractivity contribution in [2.24, 2.45) is 0 Å². The summed E-state index contributed by atoms with van der Waals surface area (Å²) in [5, 5.41) is 23.6. The molecule has 41 heavy (non-hydrogen) atoms. The van der Waals surface area contributed by atoms with Crippen molar-refractivity contribution in [3.05, 3.63) is 68.9 Å². The van der Waals surface area contributed by atoms with E-state index in [1.54, 1.807) is 37.3 Å². The maximum atomic E-state index is 11.6. The first-order valence-electron chi connectivity index (χ1n) is 13.9. The van der Waals surface area contributed by atoms with Gasteiger partial charge in [-0.3, -0.25) is 0 Å². The fourth-order valence-corrected chi connectivity index (χ4v) is 6.93. The van der Waals surface area contributed by atoms with E-state index in [2.05, 4.69) is 20.3 Å². The van der Waals surface area contributed by atoms with Gasteiger partial charge in [0.2, 0.25) is 5.89 Å². The molecule has 4 aromatic rings. The predicted octanol–water partition coefficient (Wildman–Crippen LogP) is 7.30. The average molecular weight is 595 g/mol. The van der Waals surface area contributed by atoms with Crippen molar-refractivity contribution in [1.82, 2.24) is 15.4 Å². The van der Waals surface area contributed by atoms with E-state index in [0.717, 1.165) is 49.8 Å². The Bertz CT molecular complexity index is 1600. The molecule has 3 atom stereocenters. The lowest BCUT2D eigenvalue weighted by Gasteiger charge is -2.37. The summed E-state index contributed by atoms with van der Waals surface area (Å²) in [6, 6.07) is 11.4. The van der Waals surface area contributed by atoms with Crippen molar-refractivity contribution in [1.29, 1.82) is 0 Å². The zero-order valence-electron chi connectivity index (χ0n) is 22.3. The summed E-state index contributed by atoms with van der Waals surface area (Å²) in [6.07, 6.45) is 5.88. The molecule has 1 aliphatic carbocycles. The van der Waals surface area contributed by atoms with Gasteiger partial charge in [0.1, 0.15) is 11.5 Å². The lowest BCUT2D eigenvalue weighted by Crippen LogP contribution is -2.45. The summed E-state index contributed by atoms with van der Waals surface area (Å²) in [6.45, 7) is 2.13. The van der Waals surface area contributed by atoms with E-state index >= 15 is 0 Å². The first-order valence-corrected chi connectivity index (χ1v) is 14.6. The number of carboxylic acids is 1. The van der Waals surface area contributed by atoms with Crippen LogP contribution in [0.25, 0.3) is 22.7 Å². The number of fused-ring (bicyclic) bond motifs is 2. The summed E-state index contributed by atoms with van der Waals surface area (Å²) in [5.41, 5.74) is 3.71. The number of carbonyl (C=O) groups is 1. The molecule has 2 saturated heterocycles. The summed E-state index contributed by atoms with van der Waals surface area (Å²) in [4.78, 5) is 13.8. The van der Waals surface area contributed by atoms with Gasteiger partial charge in [0.15, 0.2) is 0 Å². The molecule has 3 aliphatic rings. The fraction of sp³-hybridized carbons (Fsp3) is 0.400. The lowest BCUT2D eigenvalue weighted by atomic mass is 9.99. The Morgan fingerprint density at radius 2 is 1.76 bits per heavy atom. The number of nitrogens with zero attached hydrogens (tertiary/aromatic N) is 4. The Morgan fingerprint density at radius 3 is 2.44 bits per heavy atom. The molecule has 2 bridgehead atoms. The van der Waals surface area contributed by atoms with E-state index in [1.165, 1.54) is 0 Å². The normalized spacial score (nSPS) is 21.9. The Balaban J connectivity index is 1.08. The van der Waals surface area contributed by atoms with Gasteiger partial charge in [-0.05, 0) is 75.3 Å². The summed E-state index contributed by atoms with van der Waals surface area (Å²) < 4.78 is 18.5. The van der Waals surface area contributed by atoms with Crippen LogP contribution in [-0.4, -0.2) is 44.6 Å². The molecule has 1 unspecified atom stereocenters. The third-order valence-corrected chi connectivity index (χ3v) is 9.18. The van der Waals surface area contributed by atoms with Crippen LogP contribution < -0.4 is 4.90 Å². The minimum absolute atomic E-state index is 0.0529. The van der Waals surface area contributed by atoms with Gasteiger partial charge in [-0.1, -0.05) is 45.6 Å². The zero-order valence-corrected chi connectivity index (χ0v) is 23.9. The molecule has 1 N–H and O–H groups in total. The highest BCUT2D eigenvalue weighted by Crippen LogP contribution is 2.47. The van der Waals surface area contributed by atoms with Crippen molar-refractivity contribution in [2.45, 2.75) is 76.2 Å².